The molecule has 5 nitrogen and oxygen atoms in total. The van der Waals surface area contributed by atoms with E-state index in [0.29, 0.717) is 10.6 Å². The number of anilines is 2. The number of carboxylic acids is 1. The van der Waals surface area contributed by atoms with Crippen molar-refractivity contribution in [3.05, 3.63) is 124 Å². The van der Waals surface area contributed by atoms with Crippen molar-refractivity contribution >= 4 is 46.9 Å². The summed E-state index contributed by atoms with van der Waals surface area (Å²) in [4.78, 5) is 31.1. The molecule has 0 aliphatic heterocycles. The molecule has 1 N–H and O–H groups in total. The number of nitrogens with zero attached hydrogens (tertiary/aromatic N) is 2. The minimum Gasteiger partial charge on any atom is -0.478 e. The van der Waals surface area contributed by atoms with Gasteiger partial charge in [0, 0.05) is 23.3 Å². The zero-order valence-corrected chi connectivity index (χ0v) is 19.1. The Morgan fingerprint density at radius 2 is 1.59 bits per heavy atom. The van der Waals surface area contributed by atoms with E-state index in [1.807, 2.05) is 60.5 Å². The highest BCUT2D eigenvalue weighted by Gasteiger charge is 2.16. The molecule has 4 aromatic rings. The van der Waals surface area contributed by atoms with E-state index in [2.05, 4.69) is 4.98 Å². The third kappa shape index (κ3) is 5.22. The zero-order chi connectivity index (χ0) is 24.1. The first-order chi connectivity index (χ1) is 16.4. The van der Waals surface area contributed by atoms with E-state index in [-0.39, 0.29) is 22.6 Å². The first-order valence-electron chi connectivity index (χ1n) is 10.5. The molecule has 3 aromatic carbocycles. The monoisotopic (exact) mass is 468 g/mol. The van der Waals surface area contributed by atoms with Gasteiger partial charge in [-0.1, -0.05) is 66.2 Å². The number of aromatic carboxylic acids is 1. The maximum atomic E-state index is 13.0. The number of carboxylic acid groups (broad SMARTS) is 1. The van der Waals surface area contributed by atoms with Crippen molar-refractivity contribution in [2.24, 2.45) is 0 Å². The SMILES string of the molecule is CN(c1ccc(Cl)cc1)c1ccc(C(=O)c2ccc(C=Cc3ccccc3)c(C(=O)O)c2)nc1. The number of hydrogen-bond acceptors (Lipinski definition) is 4. The molecule has 1 aromatic heterocycles. The van der Waals surface area contributed by atoms with E-state index in [1.54, 1.807) is 48.7 Å². The lowest BCUT2D eigenvalue weighted by atomic mass is 9.99. The Labute approximate surface area is 202 Å². The van der Waals surface area contributed by atoms with Crippen molar-refractivity contribution in [1.29, 1.82) is 0 Å². The number of carbonyl (C=O) groups is 2. The highest BCUT2D eigenvalue weighted by Crippen LogP contribution is 2.25. The van der Waals surface area contributed by atoms with Gasteiger partial charge in [0.25, 0.3) is 0 Å². The van der Waals surface area contributed by atoms with E-state index >= 15 is 0 Å². The van der Waals surface area contributed by atoms with Crippen molar-refractivity contribution in [1.82, 2.24) is 4.98 Å². The van der Waals surface area contributed by atoms with Crippen LogP contribution in [0.15, 0.2) is 91.1 Å². The minimum absolute atomic E-state index is 0.0529. The molecule has 0 aliphatic rings. The Morgan fingerprint density at radius 3 is 2.24 bits per heavy atom. The summed E-state index contributed by atoms with van der Waals surface area (Å²) in [6.07, 6.45) is 5.17. The average Bonchev–Trinajstić information content (AvgIpc) is 2.87. The summed E-state index contributed by atoms with van der Waals surface area (Å²) in [5, 5.41) is 10.3. The predicted octanol–water partition coefficient (Wildman–Crippen LogP) is 6.60. The van der Waals surface area contributed by atoms with Gasteiger partial charge in [0.05, 0.1) is 17.4 Å². The Kier molecular flexibility index (Phi) is 6.85. The highest BCUT2D eigenvalue weighted by atomic mass is 35.5. The maximum absolute atomic E-state index is 13.0. The first-order valence-corrected chi connectivity index (χ1v) is 10.9. The molecule has 0 saturated carbocycles. The molecule has 0 fully saturated rings. The Morgan fingerprint density at radius 1 is 0.882 bits per heavy atom. The summed E-state index contributed by atoms with van der Waals surface area (Å²) in [7, 11) is 1.89. The molecule has 0 aliphatic carbocycles. The summed E-state index contributed by atoms with van der Waals surface area (Å²) in [5.41, 5.74) is 3.74. The molecule has 0 atom stereocenters. The molecular weight excluding hydrogens is 448 g/mol. The number of halogens is 1. The maximum Gasteiger partial charge on any atom is 0.336 e. The van der Waals surface area contributed by atoms with Gasteiger partial charge in [-0.2, -0.15) is 0 Å². The Bertz CT molecular complexity index is 1350. The molecule has 1 heterocycles. The van der Waals surface area contributed by atoms with Crippen LogP contribution in [0.1, 0.15) is 37.5 Å². The Balaban J connectivity index is 1.56. The van der Waals surface area contributed by atoms with Crippen LogP contribution in [-0.2, 0) is 0 Å². The summed E-state index contributed by atoms with van der Waals surface area (Å²) in [5.74, 6) is -1.45. The lowest BCUT2D eigenvalue weighted by molar-refractivity contribution is 0.0696. The lowest BCUT2D eigenvalue weighted by Gasteiger charge is -2.19. The molecule has 6 heteroatoms. The van der Waals surface area contributed by atoms with E-state index in [0.717, 1.165) is 16.9 Å². The van der Waals surface area contributed by atoms with Crippen molar-refractivity contribution in [2.75, 3.05) is 11.9 Å². The molecule has 168 valence electrons. The van der Waals surface area contributed by atoms with Gasteiger partial charge in [-0.15, -0.1) is 0 Å². The van der Waals surface area contributed by atoms with Gasteiger partial charge in [-0.3, -0.25) is 9.78 Å². The molecule has 34 heavy (non-hydrogen) atoms. The quantitative estimate of drug-likeness (QED) is 0.244. The van der Waals surface area contributed by atoms with Crippen LogP contribution in [0.25, 0.3) is 12.2 Å². The molecule has 0 bridgehead atoms. The fourth-order valence-corrected chi connectivity index (χ4v) is 3.58. The number of ketones is 1. The third-order valence-electron chi connectivity index (χ3n) is 5.38. The van der Waals surface area contributed by atoms with Crippen LogP contribution in [-0.4, -0.2) is 28.9 Å². The average molecular weight is 469 g/mol. The van der Waals surface area contributed by atoms with Crippen molar-refractivity contribution in [3.8, 4) is 0 Å². The van der Waals surface area contributed by atoms with E-state index < -0.39 is 5.97 Å². The third-order valence-corrected chi connectivity index (χ3v) is 5.63. The van der Waals surface area contributed by atoms with Crippen LogP contribution in [0, 0.1) is 0 Å². The van der Waals surface area contributed by atoms with Crippen molar-refractivity contribution in [2.45, 2.75) is 0 Å². The van der Waals surface area contributed by atoms with Gasteiger partial charge in [0.15, 0.2) is 0 Å². The zero-order valence-electron chi connectivity index (χ0n) is 18.4. The summed E-state index contributed by atoms with van der Waals surface area (Å²) >= 11 is 5.95. The highest BCUT2D eigenvalue weighted by molar-refractivity contribution is 6.30. The largest absolute Gasteiger partial charge is 0.478 e. The number of rotatable bonds is 7. The molecule has 0 unspecified atom stereocenters. The molecule has 0 saturated heterocycles. The van der Waals surface area contributed by atoms with Crippen molar-refractivity contribution in [3.63, 3.8) is 0 Å². The second-order valence-corrected chi connectivity index (χ2v) is 8.05. The molecule has 0 amide bonds. The normalized spacial score (nSPS) is 10.9. The summed E-state index contributed by atoms with van der Waals surface area (Å²) in [6.45, 7) is 0. The predicted molar refractivity (Wildman–Crippen MR) is 136 cm³/mol. The van der Waals surface area contributed by atoms with Gasteiger partial charge >= 0.3 is 5.97 Å². The van der Waals surface area contributed by atoms with Crippen LogP contribution in [0.5, 0.6) is 0 Å². The van der Waals surface area contributed by atoms with Gasteiger partial charge in [0.1, 0.15) is 5.69 Å². The number of pyridine rings is 1. The fourth-order valence-electron chi connectivity index (χ4n) is 3.46. The number of aromatic nitrogens is 1. The van der Waals surface area contributed by atoms with Crippen LogP contribution < -0.4 is 4.90 Å². The van der Waals surface area contributed by atoms with Crippen LogP contribution >= 0.6 is 11.6 Å². The van der Waals surface area contributed by atoms with Crippen LogP contribution in [0.3, 0.4) is 0 Å². The number of benzene rings is 3. The smallest absolute Gasteiger partial charge is 0.336 e. The first kappa shape index (κ1) is 23.0. The van der Waals surface area contributed by atoms with E-state index in [9.17, 15) is 14.7 Å². The number of carbonyl (C=O) groups excluding carboxylic acids is 1. The van der Waals surface area contributed by atoms with Crippen LogP contribution in [0.2, 0.25) is 5.02 Å². The van der Waals surface area contributed by atoms with Gasteiger partial charge in [-0.25, -0.2) is 4.79 Å². The van der Waals surface area contributed by atoms with Gasteiger partial charge in [-0.05, 0) is 53.6 Å². The van der Waals surface area contributed by atoms with Crippen molar-refractivity contribution < 1.29 is 14.7 Å². The molecule has 0 spiro atoms. The molecule has 4 rings (SSSR count). The van der Waals surface area contributed by atoms with Crippen LogP contribution in [0.4, 0.5) is 11.4 Å². The van der Waals surface area contributed by atoms with E-state index in [1.165, 1.54) is 6.07 Å². The summed E-state index contributed by atoms with van der Waals surface area (Å²) < 4.78 is 0. The second-order valence-electron chi connectivity index (χ2n) is 7.62. The second kappa shape index (κ2) is 10.1. The van der Waals surface area contributed by atoms with Gasteiger partial charge in [0.2, 0.25) is 5.78 Å². The topological polar surface area (TPSA) is 70.5 Å². The molecular formula is C28H21ClN2O3. The Hall–Kier alpha value is -4.22. The van der Waals surface area contributed by atoms with E-state index in [4.69, 9.17) is 11.6 Å². The summed E-state index contributed by atoms with van der Waals surface area (Å²) in [6, 6.07) is 25.0. The fraction of sp³-hybridized carbons (Fsp3) is 0.0357. The lowest BCUT2D eigenvalue weighted by Crippen LogP contribution is -2.11. The number of hydrogen-bond donors (Lipinski definition) is 1. The molecule has 0 radical (unpaired) electrons. The standard InChI is InChI=1S/C28H21ClN2O3/c1-31(23-13-11-22(29)12-14-23)24-15-16-26(30-18-24)27(32)21-10-9-20(25(17-21)28(33)34)8-7-19-5-3-2-4-6-19/h2-18H,1H3,(H,33,34). The van der Waals surface area contributed by atoms with Gasteiger partial charge < -0.3 is 10.0 Å². The minimum atomic E-state index is -1.10.